The van der Waals surface area contributed by atoms with Gasteiger partial charge in [-0.1, -0.05) is 36.4 Å². The number of piperidine rings is 1. The Labute approximate surface area is 187 Å². The number of carbonyl (C=O) groups excluding carboxylic acids is 3. The predicted octanol–water partition coefficient (Wildman–Crippen LogP) is 1.92. The Morgan fingerprint density at radius 3 is 2.25 bits per heavy atom. The topological polar surface area (TPSA) is 81.8 Å². The third-order valence-electron chi connectivity index (χ3n) is 5.40. The number of amides is 3. The fourth-order valence-electron chi connectivity index (χ4n) is 3.66. The van der Waals surface area contributed by atoms with Gasteiger partial charge in [0.2, 0.25) is 0 Å². The van der Waals surface area contributed by atoms with Crippen molar-refractivity contribution in [2.75, 3.05) is 27.2 Å². The highest BCUT2D eigenvalue weighted by molar-refractivity contribution is 6.35. The lowest BCUT2D eigenvalue weighted by Gasteiger charge is -2.32. The Bertz CT molecular complexity index is 954. The van der Waals surface area contributed by atoms with Crippen molar-refractivity contribution in [1.29, 1.82) is 0 Å². The van der Waals surface area contributed by atoms with Gasteiger partial charge in [-0.3, -0.25) is 14.4 Å². The van der Waals surface area contributed by atoms with Crippen molar-refractivity contribution in [3.8, 4) is 0 Å². The molecule has 0 aromatic heterocycles. The van der Waals surface area contributed by atoms with Gasteiger partial charge in [-0.25, -0.2) is 4.39 Å². The molecule has 2 aromatic rings. The van der Waals surface area contributed by atoms with Crippen molar-refractivity contribution in [3.63, 3.8) is 0 Å². The third-order valence-corrected chi connectivity index (χ3v) is 5.40. The summed E-state index contributed by atoms with van der Waals surface area (Å²) in [6.45, 7) is 1.82. The molecule has 0 spiro atoms. The molecule has 0 aliphatic carbocycles. The second-order valence-electron chi connectivity index (χ2n) is 8.26. The molecule has 0 radical (unpaired) electrons. The van der Waals surface area contributed by atoms with E-state index in [2.05, 4.69) is 15.5 Å². The maximum absolute atomic E-state index is 13.8. The molecule has 0 unspecified atom stereocenters. The van der Waals surface area contributed by atoms with Crippen LogP contribution >= 0.6 is 0 Å². The minimum atomic E-state index is -0.642. The minimum absolute atomic E-state index is 0.000121. The summed E-state index contributed by atoms with van der Waals surface area (Å²) in [4.78, 5) is 40.6. The zero-order valence-electron chi connectivity index (χ0n) is 18.4. The monoisotopic (exact) mass is 440 g/mol. The van der Waals surface area contributed by atoms with Gasteiger partial charge in [0.05, 0.1) is 5.56 Å². The molecule has 1 aliphatic rings. The van der Waals surface area contributed by atoms with Gasteiger partial charge in [-0.05, 0) is 50.2 Å². The van der Waals surface area contributed by atoms with Crippen LogP contribution in [0.1, 0.15) is 34.3 Å². The third kappa shape index (κ3) is 6.37. The summed E-state index contributed by atoms with van der Waals surface area (Å²) in [5, 5.41) is 5.48. The van der Waals surface area contributed by atoms with E-state index in [9.17, 15) is 18.8 Å². The van der Waals surface area contributed by atoms with Gasteiger partial charge in [-0.15, -0.1) is 0 Å². The summed E-state index contributed by atoms with van der Waals surface area (Å²) in [7, 11) is 4.00. The van der Waals surface area contributed by atoms with E-state index < -0.39 is 23.5 Å². The van der Waals surface area contributed by atoms with E-state index in [0.29, 0.717) is 25.9 Å². The van der Waals surface area contributed by atoms with Crippen LogP contribution in [0.15, 0.2) is 48.5 Å². The molecule has 2 aromatic carbocycles. The lowest BCUT2D eigenvalue weighted by molar-refractivity contribution is -0.146. The molecule has 7 nitrogen and oxygen atoms in total. The summed E-state index contributed by atoms with van der Waals surface area (Å²) >= 11 is 0. The van der Waals surface area contributed by atoms with Crippen LogP contribution in [0, 0.1) is 5.82 Å². The maximum Gasteiger partial charge on any atom is 0.311 e. The lowest BCUT2D eigenvalue weighted by atomic mass is 10.0. The Morgan fingerprint density at radius 1 is 1.00 bits per heavy atom. The van der Waals surface area contributed by atoms with Crippen LogP contribution < -0.4 is 10.6 Å². The van der Waals surface area contributed by atoms with Crippen molar-refractivity contribution in [2.45, 2.75) is 32.0 Å². The molecule has 1 heterocycles. The standard InChI is InChI=1S/C24H29FN4O3/c1-28(2)16-18-9-7-17(8-10-18)15-26-23(31)24(32)29-13-11-19(12-14-29)27-22(30)20-5-3-4-6-21(20)25/h3-10,19H,11-16H2,1-2H3,(H,26,31)(H,27,30). The number of hydrogen-bond acceptors (Lipinski definition) is 4. The largest absolute Gasteiger partial charge is 0.349 e. The molecular weight excluding hydrogens is 411 g/mol. The van der Waals surface area contributed by atoms with Crippen molar-refractivity contribution < 1.29 is 18.8 Å². The molecule has 0 bridgehead atoms. The normalized spacial score (nSPS) is 14.3. The van der Waals surface area contributed by atoms with Crippen molar-refractivity contribution in [2.24, 2.45) is 0 Å². The molecule has 32 heavy (non-hydrogen) atoms. The molecule has 2 N–H and O–H groups in total. The SMILES string of the molecule is CN(C)Cc1ccc(CNC(=O)C(=O)N2CCC(NC(=O)c3ccccc3F)CC2)cc1. The van der Waals surface area contributed by atoms with E-state index in [-0.39, 0.29) is 18.2 Å². The number of halogens is 1. The molecule has 8 heteroatoms. The van der Waals surface area contributed by atoms with Crippen LogP contribution in [0.3, 0.4) is 0 Å². The molecule has 0 atom stereocenters. The average Bonchev–Trinajstić information content (AvgIpc) is 2.78. The van der Waals surface area contributed by atoms with Crippen LogP contribution in [0.25, 0.3) is 0 Å². The highest BCUT2D eigenvalue weighted by Crippen LogP contribution is 2.13. The number of nitrogens with zero attached hydrogens (tertiary/aromatic N) is 2. The van der Waals surface area contributed by atoms with Crippen LogP contribution in [0.5, 0.6) is 0 Å². The van der Waals surface area contributed by atoms with E-state index in [1.165, 1.54) is 28.7 Å². The van der Waals surface area contributed by atoms with Gasteiger partial charge in [0.25, 0.3) is 5.91 Å². The second-order valence-corrected chi connectivity index (χ2v) is 8.26. The van der Waals surface area contributed by atoms with Crippen molar-refractivity contribution in [3.05, 3.63) is 71.0 Å². The van der Waals surface area contributed by atoms with Crippen LogP contribution in [-0.4, -0.2) is 60.7 Å². The van der Waals surface area contributed by atoms with Gasteiger partial charge in [0, 0.05) is 32.2 Å². The summed E-state index contributed by atoms with van der Waals surface area (Å²) < 4.78 is 13.8. The molecule has 3 amide bonds. The highest BCUT2D eigenvalue weighted by Gasteiger charge is 2.28. The van der Waals surface area contributed by atoms with E-state index in [1.807, 2.05) is 38.4 Å². The Balaban J connectivity index is 1.43. The van der Waals surface area contributed by atoms with Gasteiger partial charge >= 0.3 is 11.8 Å². The molecule has 0 saturated carbocycles. The average molecular weight is 441 g/mol. The van der Waals surface area contributed by atoms with Gasteiger partial charge < -0.3 is 20.4 Å². The molecule has 1 aliphatic heterocycles. The van der Waals surface area contributed by atoms with Crippen molar-refractivity contribution >= 4 is 17.7 Å². The molecular formula is C24H29FN4O3. The van der Waals surface area contributed by atoms with Crippen LogP contribution in [0.2, 0.25) is 0 Å². The first kappa shape index (κ1) is 23.4. The molecule has 1 fully saturated rings. The zero-order chi connectivity index (χ0) is 23.1. The number of carbonyl (C=O) groups is 3. The Morgan fingerprint density at radius 2 is 1.62 bits per heavy atom. The number of benzene rings is 2. The predicted molar refractivity (Wildman–Crippen MR) is 119 cm³/mol. The van der Waals surface area contributed by atoms with E-state index in [4.69, 9.17) is 0 Å². The second kappa shape index (κ2) is 10.9. The van der Waals surface area contributed by atoms with E-state index >= 15 is 0 Å². The summed E-state index contributed by atoms with van der Waals surface area (Å²) in [6.07, 6.45) is 1.01. The van der Waals surface area contributed by atoms with Gasteiger partial charge in [0.15, 0.2) is 0 Å². The lowest BCUT2D eigenvalue weighted by Crippen LogP contribution is -2.50. The number of rotatable bonds is 6. The summed E-state index contributed by atoms with van der Waals surface area (Å²) in [5.41, 5.74) is 2.09. The van der Waals surface area contributed by atoms with E-state index in [0.717, 1.165) is 12.1 Å². The quantitative estimate of drug-likeness (QED) is 0.673. The fourth-order valence-corrected chi connectivity index (χ4v) is 3.66. The molecule has 170 valence electrons. The first-order valence-electron chi connectivity index (χ1n) is 10.7. The molecule has 3 rings (SSSR count). The Kier molecular flexibility index (Phi) is 7.94. The number of hydrogen-bond donors (Lipinski definition) is 2. The molecule has 1 saturated heterocycles. The Hall–Kier alpha value is -3.26. The van der Waals surface area contributed by atoms with E-state index in [1.54, 1.807) is 6.07 Å². The summed E-state index contributed by atoms with van der Waals surface area (Å²) in [6, 6.07) is 13.5. The zero-order valence-corrected chi connectivity index (χ0v) is 18.4. The van der Waals surface area contributed by atoms with Crippen LogP contribution in [-0.2, 0) is 22.7 Å². The number of nitrogens with one attached hydrogen (secondary N) is 2. The van der Waals surface area contributed by atoms with Gasteiger partial charge in [0.1, 0.15) is 5.82 Å². The van der Waals surface area contributed by atoms with Crippen LogP contribution in [0.4, 0.5) is 4.39 Å². The fraction of sp³-hybridized carbons (Fsp3) is 0.375. The minimum Gasteiger partial charge on any atom is -0.349 e. The smallest absolute Gasteiger partial charge is 0.311 e. The number of likely N-dealkylation sites (tertiary alicyclic amines) is 1. The van der Waals surface area contributed by atoms with Gasteiger partial charge in [-0.2, -0.15) is 0 Å². The van der Waals surface area contributed by atoms with Crippen molar-refractivity contribution in [1.82, 2.24) is 20.4 Å². The maximum atomic E-state index is 13.8. The first-order chi connectivity index (χ1) is 15.3. The first-order valence-corrected chi connectivity index (χ1v) is 10.7. The summed E-state index contributed by atoms with van der Waals surface area (Å²) in [5.74, 6) is -2.26. The highest BCUT2D eigenvalue weighted by atomic mass is 19.1.